The van der Waals surface area contributed by atoms with Gasteiger partial charge in [0.1, 0.15) is 0 Å². The number of aliphatic imine (C=N–C) groups is 1. The molecule has 2 unspecified atom stereocenters. The Morgan fingerprint density at radius 2 is 1.92 bits per heavy atom. The van der Waals surface area contributed by atoms with Crippen molar-refractivity contribution in [1.29, 1.82) is 0 Å². The molecule has 1 nitrogen and oxygen atoms in total. The highest BCUT2D eigenvalue weighted by atomic mass is 14.8. The van der Waals surface area contributed by atoms with Gasteiger partial charge >= 0.3 is 0 Å². The Morgan fingerprint density at radius 3 is 2.33 bits per heavy atom. The van der Waals surface area contributed by atoms with Crippen molar-refractivity contribution >= 4 is 6.21 Å². The van der Waals surface area contributed by atoms with Gasteiger partial charge in [0.2, 0.25) is 0 Å². The Morgan fingerprint density at radius 1 is 1.33 bits per heavy atom. The smallest absolute Gasteiger partial charge is 0.0550 e. The molecule has 1 saturated carbocycles. The Bertz CT molecular complexity index is 195. The van der Waals surface area contributed by atoms with E-state index in [1.165, 1.54) is 12.0 Å². The van der Waals surface area contributed by atoms with E-state index in [0.717, 1.165) is 11.8 Å². The van der Waals surface area contributed by atoms with Crippen LogP contribution in [0.25, 0.3) is 0 Å². The summed E-state index contributed by atoms with van der Waals surface area (Å²) in [7, 11) is 0. The molecule has 1 aliphatic carbocycles. The highest BCUT2D eigenvalue weighted by Gasteiger charge is 2.33. The predicted molar refractivity (Wildman–Crippen MR) is 54.7 cm³/mol. The lowest BCUT2D eigenvalue weighted by Gasteiger charge is -2.37. The maximum Gasteiger partial charge on any atom is 0.0550 e. The van der Waals surface area contributed by atoms with Crippen molar-refractivity contribution in [3.63, 3.8) is 0 Å². The predicted octanol–water partition coefficient (Wildman–Crippen LogP) is 3.07. The van der Waals surface area contributed by atoms with Crippen LogP contribution in [0.4, 0.5) is 0 Å². The molecule has 0 aliphatic heterocycles. The summed E-state index contributed by atoms with van der Waals surface area (Å²) in [6.07, 6.45) is 5.45. The normalized spacial score (nSPS) is 37.0. The van der Waals surface area contributed by atoms with Gasteiger partial charge in [0, 0.05) is 6.21 Å². The average molecular weight is 165 g/mol. The van der Waals surface area contributed by atoms with E-state index in [4.69, 9.17) is 0 Å². The average Bonchev–Trinajstić information content (AvgIpc) is 2.04. The molecular formula is C11H19N. The fourth-order valence-corrected chi connectivity index (χ4v) is 1.80. The van der Waals surface area contributed by atoms with Gasteiger partial charge in [-0.1, -0.05) is 19.9 Å². The summed E-state index contributed by atoms with van der Waals surface area (Å²) >= 11 is 0. The van der Waals surface area contributed by atoms with Crippen LogP contribution >= 0.6 is 0 Å². The van der Waals surface area contributed by atoms with Crippen LogP contribution in [0.15, 0.2) is 16.6 Å². The van der Waals surface area contributed by atoms with E-state index < -0.39 is 0 Å². The summed E-state index contributed by atoms with van der Waals surface area (Å²) in [6, 6.07) is 0.583. The van der Waals surface area contributed by atoms with Crippen LogP contribution in [0.3, 0.4) is 0 Å². The van der Waals surface area contributed by atoms with Crippen molar-refractivity contribution in [2.24, 2.45) is 16.8 Å². The highest BCUT2D eigenvalue weighted by Crippen LogP contribution is 2.35. The van der Waals surface area contributed by atoms with Gasteiger partial charge < -0.3 is 0 Å². The molecule has 68 valence electrons. The standard InChI is InChI=1S/C11H19N/c1-5-8(2)7-12-11-9(3)6-10(11)4/h5,7,9-11H,6H2,1-4H3/b8-5-,12-7-. The first kappa shape index (κ1) is 9.50. The van der Waals surface area contributed by atoms with Crippen LogP contribution in [-0.4, -0.2) is 12.3 Å². The van der Waals surface area contributed by atoms with Gasteiger partial charge in [-0.15, -0.1) is 0 Å². The fraction of sp³-hybridized carbons (Fsp3) is 0.727. The van der Waals surface area contributed by atoms with E-state index in [1.54, 1.807) is 0 Å². The van der Waals surface area contributed by atoms with Crippen LogP contribution in [0.5, 0.6) is 0 Å². The van der Waals surface area contributed by atoms with E-state index in [2.05, 4.69) is 38.8 Å². The van der Waals surface area contributed by atoms with E-state index in [9.17, 15) is 0 Å². The number of hydrogen-bond acceptors (Lipinski definition) is 1. The summed E-state index contributed by atoms with van der Waals surface area (Å²) in [5.74, 6) is 1.59. The topological polar surface area (TPSA) is 12.4 Å². The molecule has 0 spiro atoms. The number of rotatable bonds is 2. The molecule has 1 fully saturated rings. The summed E-state index contributed by atoms with van der Waals surface area (Å²) < 4.78 is 0. The number of nitrogens with zero attached hydrogens (tertiary/aromatic N) is 1. The molecule has 0 aromatic rings. The SMILES string of the molecule is C/C=C(C)\C=N/C1C(C)CC1C. The summed E-state index contributed by atoms with van der Waals surface area (Å²) in [4.78, 5) is 4.57. The molecule has 0 bridgehead atoms. The third-order valence-electron chi connectivity index (χ3n) is 2.82. The van der Waals surface area contributed by atoms with Gasteiger partial charge in [0.25, 0.3) is 0 Å². The van der Waals surface area contributed by atoms with Gasteiger partial charge in [-0.25, -0.2) is 0 Å². The first-order valence-corrected chi connectivity index (χ1v) is 4.81. The van der Waals surface area contributed by atoms with Crippen LogP contribution in [-0.2, 0) is 0 Å². The Hall–Kier alpha value is -0.590. The van der Waals surface area contributed by atoms with Crippen LogP contribution in [0.1, 0.15) is 34.1 Å². The molecule has 1 heteroatoms. The molecule has 1 rings (SSSR count). The fourth-order valence-electron chi connectivity index (χ4n) is 1.80. The second-order valence-corrected chi connectivity index (χ2v) is 3.99. The molecule has 0 aromatic carbocycles. The zero-order valence-electron chi connectivity index (χ0n) is 8.54. The minimum absolute atomic E-state index is 0.583. The van der Waals surface area contributed by atoms with E-state index in [1.807, 2.05) is 6.21 Å². The van der Waals surface area contributed by atoms with Gasteiger partial charge in [0.15, 0.2) is 0 Å². The number of hydrogen-bond donors (Lipinski definition) is 0. The summed E-state index contributed by atoms with van der Waals surface area (Å²) in [5, 5.41) is 0. The first-order valence-electron chi connectivity index (χ1n) is 4.81. The second-order valence-electron chi connectivity index (χ2n) is 3.99. The van der Waals surface area contributed by atoms with E-state index in [-0.39, 0.29) is 0 Å². The molecule has 1 aliphatic rings. The maximum atomic E-state index is 4.57. The molecule has 2 atom stereocenters. The summed E-state index contributed by atoms with van der Waals surface area (Å²) in [6.45, 7) is 8.71. The largest absolute Gasteiger partial charge is 0.289 e. The minimum Gasteiger partial charge on any atom is -0.289 e. The van der Waals surface area contributed by atoms with Crippen LogP contribution < -0.4 is 0 Å². The molecular weight excluding hydrogens is 146 g/mol. The zero-order valence-corrected chi connectivity index (χ0v) is 8.54. The van der Waals surface area contributed by atoms with Crippen molar-refractivity contribution < 1.29 is 0 Å². The van der Waals surface area contributed by atoms with Crippen molar-refractivity contribution in [1.82, 2.24) is 0 Å². The van der Waals surface area contributed by atoms with Crippen molar-refractivity contribution in [2.45, 2.75) is 40.2 Å². The van der Waals surface area contributed by atoms with Gasteiger partial charge in [-0.2, -0.15) is 0 Å². The minimum atomic E-state index is 0.583. The molecule has 0 heterocycles. The molecule has 0 aromatic heterocycles. The third-order valence-corrected chi connectivity index (χ3v) is 2.82. The third kappa shape index (κ3) is 1.96. The monoisotopic (exact) mass is 165 g/mol. The maximum absolute atomic E-state index is 4.57. The van der Waals surface area contributed by atoms with Crippen LogP contribution in [0.2, 0.25) is 0 Å². The van der Waals surface area contributed by atoms with Gasteiger partial charge in [-0.05, 0) is 37.7 Å². The number of allylic oxidation sites excluding steroid dienone is 2. The quantitative estimate of drug-likeness (QED) is 0.558. The Kier molecular flexibility index (Phi) is 3.07. The van der Waals surface area contributed by atoms with Crippen molar-refractivity contribution in [2.75, 3.05) is 0 Å². The molecule has 0 radical (unpaired) electrons. The Labute approximate surface area is 75.6 Å². The lowest BCUT2D eigenvalue weighted by atomic mass is 9.72. The summed E-state index contributed by atoms with van der Waals surface area (Å²) in [5.41, 5.74) is 1.27. The molecule has 0 amide bonds. The van der Waals surface area contributed by atoms with Crippen LogP contribution in [0, 0.1) is 11.8 Å². The van der Waals surface area contributed by atoms with Gasteiger partial charge in [-0.3, -0.25) is 4.99 Å². The molecule has 0 N–H and O–H groups in total. The lowest BCUT2D eigenvalue weighted by molar-refractivity contribution is 0.182. The lowest BCUT2D eigenvalue weighted by Crippen LogP contribution is -2.36. The van der Waals surface area contributed by atoms with E-state index >= 15 is 0 Å². The second kappa shape index (κ2) is 3.88. The highest BCUT2D eigenvalue weighted by molar-refractivity contribution is 5.77. The molecule has 0 saturated heterocycles. The Balaban J connectivity index is 2.45. The van der Waals surface area contributed by atoms with Crippen molar-refractivity contribution in [3.05, 3.63) is 11.6 Å². The van der Waals surface area contributed by atoms with Gasteiger partial charge in [0.05, 0.1) is 6.04 Å². The van der Waals surface area contributed by atoms with Crippen molar-refractivity contribution in [3.8, 4) is 0 Å². The van der Waals surface area contributed by atoms with E-state index in [0.29, 0.717) is 6.04 Å². The molecule has 12 heavy (non-hydrogen) atoms. The zero-order chi connectivity index (χ0) is 9.14. The first-order chi connectivity index (χ1) is 5.65.